The van der Waals surface area contributed by atoms with Gasteiger partial charge in [0.1, 0.15) is 0 Å². The van der Waals surface area contributed by atoms with Gasteiger partial charge in [0.2, 0.25) is 0 Å². The maximum Gasteiger partial charge on any atom is 0.0744 e. The third kappa shape index (κ3) is 1.64. The van der Waals surface area contributed by atoms with E-state index >= 15 is 0 Å². The summed E-state index contributed by atoms with van der Waals surface area (Å²) in [5, 5.41) is 11.0. The van der Waals surface area contributed by atoms with Crippen LogP contribution < -0.4 is 0 Å². The van der Waals surface area contributed by atoms with Crippen LogP contribution >= 0.6 is 0 Å². The Morgan fingerprint density at radius 1 is 1.18 bits per heavy atom. The van der Waals surface area contributed by atoms with E-state index in [-0.39, 0.29) is 0 Å². The first-order chi connectivity index (χ1) is 8.24. The molecule has 2 atom stereocenters. The maximum absolute atomic E-state index is 11.0. The molecule has 0 heterocycles. The Morgan fingerprint density at radius 3 is 2.18 bits per heavy atom. The molecular weight excluding hydrogens is 208 g/mol. The summed E-state index contributed by atoms with van der Waals surface area (Å²) in [5.74, 6) is 0.850. The lowest BCUT2D eigenvalue weighted by Crippen LogP contribution is -2.39. The number of hydrogen-bond donors (Lipinski definition) is 1. The number of fused-ring (bicyclic) bond motifs is 3. The molecule has 2 aliphatic rings. The van der Waals surface area contributed by atoms with Crippen LogP contribution in [0, 0.1) is 11.8 Å². The summed E-state index contributed by atoms with van der Waals surface area (Å²) in [6.07, 6.45) is 7.05. The van der Waals surface area contributed by atoms with Gasteiger partial charge in [0, 0.05) is 0 Å². The Kier molecular flexibility index (Phi) is 2.59. The van der Waals surface area contributed by atoms with Gasteiger partial charge in [0.15, 0.2) is 0 Å². The fourth-order valence-corrected chi connectivity index (χ4v) is 3.84. The van der Waals surface area contributed by atoms with Crippen LogP contribution in [0.1, 0.15) is 30.4 Å². The first kappa shape index (κ1) is 11.0. The van der Waals surface area contributed by atoms with Gasteiger partial charge in [-0.2, -0.15) is 0 Å². The van der Waals surface area contributed by atoms with E-state index in [1.54, 1.807) is 0 Å². The number of hydrogen-bond acceptors (Lipinski definition) is 1. The Hall–Kier alpha value is -1.08. The summed E-state index contributed by atoms with van der Waals surface area (Å²) in [5.41, 5.74) is 2.39. The van der Waals surface area contributed by atoms with Gasteiger partial charge in [-0.05, 0) is 55.1 Å². The third-order valence-corrected chi connectivity index (χ3v) is 4.80. The second kappa shape index (κ2) is 3.99. The second-order valence-corrected chi connectivity index (χ2v) is 5.63. The van der Waals surface area contributed by atoms with Crippen molar-refractivity contribution in [2.45, 2.75) is 37.7 Å². The Labute approximate surface area is 103 Å². The molecule has 1 aromatic carbocycles. The normalized spacial score (nSPS) is 35.1. The van der Waals surface area contributed by atoms with E-state index in [0.29, 0.717) is 11.8 Å². The molecule has 1 N–H and O–H groups in total. The van der Waals surface area contributed by atoms with Gasteiger partial charge < -0.3 is 5.11 Å². The molecule has 0 spiro atoms. The zero-order chi connectivity index (χ0) is 11.9. The zero-order valence-electron chi connectivity index (χ0n) is 10.2. The van der Waals surface area contributed by atoms with Gasteiger partial charge in [-0.15, -0.1) is 6.58 Å². The molecule has 2 unspecified atom stereocenters. The van der Waals surface area contributed by atoms with E-state index in [0.717, 1.165) is 19.3 Å². The van der Waals surface area contributed by atoms with Crippen LogP contribution in [0.25, 0.3) is 0 Å². The summed E-state index contributed by atoms with van der Waals surface area (Å²) in [7, 11) is 0. The average Bonchev–Trinajstić information content (AvgIpc) is 2.52. The average molecular weight is 228 g/mol. The molecule has 1 aromatic rings. The highest BCUT2D eigenvalue weighted by molar-refractivity contribution is 5.31. The molecule has 90 valence electrons. The highest BCUT2D eigenvalue weighted by Crippen LogP contribution is 2.48. The second-order valence-electron chi connectivity index (χ2n) is 5.63. The first-order valence-corrected chi connectivity index (χ1v) is 6.64. The fourth-order valence-electron chi connectivity index (χ4n) is 3.84. The van der Waals surface area contributed by atoms with Crippen molar-refractivity contribution in [1.29, 1.82) is 0 Å². The van der Waals surface area contributed by atoms with Crippen molar-refractivity contribution in [3.05, 3.63) is 48.0 Å². The van der Waals surface area contributed by atoms with Crippen LogP contribution in [0.4, 0.5) is 0 Å². The number of rotatable bonds is 2. The predicted molar refractivity (Wildman–Crippen MR) is 69.8 cm³/mol. The summed E-state index contributed by atoms with van der Waals surface area (Å²) >= 11 is 0. The van der Waals surface area contributed by atoms with Gasteiger partial charge in [-0.3, -0.25) is 0 Å². The standard InChI is InChI=1S/C16H20O/c1-2-9-16(17)14-7-8-15(16)11-13-6-4-3-5-12(13)10-14/h2-6,14-15,17H,1,7-11H2. The van der Waals surface area contributed by atoms with Crippen LogP contribution in [-0.2, 0) is 12.8 Å². The van der Waals surface area contributed by atoms with Gasteiger partial charge in [0.05, 0.1) is 5.60 Å². The first-order valence-electron chi connectivity index (χ1n) is 6.64. The summed E-state index contributed by atoms with van der Waals surface area (Å²) in [6.45, 7) is 3.82. The van der Waals surface area contributed by atoms with Crippen molar-refractivity contribution in [2.75, 3.05) is 0 Å². The maximum atomic E-state index is 11.0. The molecule has 2 aliphatic carbocycles. The predicted octanol–water partition coefficient (Wildman–Crippen LogP) is 3.12. The smallest absolute Gasteiger partial charge is 0.0744 e. The van der Waals surface area contributed by atoms with E-state index < -0.39 is 5.60 Å². The van der Waals surface area contributed by atoms with Gasteiger partial charge in [-0.1, -0.05) is 30.3 Å². The molecule has 0 radical (unpaired) electrons. The van der Waals surface area contributed by atoms with Crippen molar-refractivity contribution >= 4 is 0 Å². The van der Waals surface area contributed by atoms with E-state index in [1.807, 2.05) is 6.08 Å². The van der Waals surface area contributed by atoms with Crippen molar-refractivity contribution in [1.82, 2.24) is 0 Å². The van der Waals surface area contributed by atoms with Crippen LogP contribution in [0.5, 0.6) is 0 Å². The molecule has 0 aliphatic heterocycles. The van der Waals surface area contributed by atoms with Crippen molar-refractivity contribution in [2.24, 2.45) is 11.8 Å². The van der Waals surface area contributed by atoms with E-state index in [4.69, 9.17) is 0 Å². The molecule has 0 saturated heterocycles. The van der Waals surface area contributed by atoms with Gasteiger partial charge in [-0.25, -0.2) is 0 Å². The van der Waals surface area contributed by atoms with Crippen molar-refractivity contribution in [3.8, 4) is 0 Å². The van der Waals surface area contributed by atoms with Gasteiger partial charge >= 0.3 is 0 Å². The quantitative estimate of drug-likeness (QED) is 0.771. The zero-order valence-corrected chi connectivity index (χ0v) is 10.2. The Bertz CT molecular complexity index is 402. The molecule has 3 rings (SSSR count). The molecule has 1 fully saturated rings. The molecule has 0 amide bonds. The molecule has 17 heavy (non-hydrogen) atoms. The Balaban J connectivity index is 2.00. The SMILES string of the molecule is C=CCC1(O)C2CCC1Cc1ccccc1C2. The van der Waals surface area contributed by atoms with Crippen LogP contribution in [0.3, 0.4) is 0 Å². The minimum Gasteiger partial charge on any atom is -0.389 e. The summed E-state index contributed by atoms with van der Waals surface area (Å²) in [6, 6.07) is 8.68. The lowest BCUT2D eigenvalue weighted by atomic mass is 9.80. The highest BCUT2D eigenvalue weighted by Gasteiger charge is 2.49. The van der Waals surface area contributed by atoms with E-state index in [9.17, 15) is 5.11 Å². The minimum atomic E-state index is -0.499. The number of aliphatic hydroxyl groups is 1. The van der Waals surface area contributed by atoms with Crippen molar-refractivity contribution in [3.63, 3.8) is 0 Å². The molecule has 1 saturated carbocycles. The molecule has 2 bridgehead atoms. The van der Waals surface area contributed by atoms with Crippen LogP contribution in [-0.4, -0.2) is 10.7 Å². The Morgan fingerprint density at radius 2 is 1.71 bits per heavy atom. The summed E-state index contributed by atoms with van der Waals surface area (Å²) < 4.78 is 0. The molecular formula is C16H20O. The van der Waals surface area contributed by atoms with E-state index in [1.165, 1.54) is 24.0 Å². The largest absolute Gasteiger partial charge is 0.389 e. The van der Waals surface area contributed by atoms with Crippen LogP contribution in [0.2, 0.25) is 0 Å². The summed E-state index contributed by atoms with van der Waals surface area (Å²) in [4.78, 5) is 0. The van der Waals surface area contributed by atoms with E-state index in [2.05, 4.69) is 30.8 Å². The highest BCUT2D eigenvalue weighted by atomic mass is 16.3. The topological polar surface area (TPSA) is 20.2 Å². The lowest BCUT2D eigenvalue weighted by molar-refractivity contribution is -0.0305. The molecule has 0 aromatic heterocycles. The van der Waals surface area contributed by atoms with Crippen LogP contribution in [0.15, 0.2) is 36.9 Å². The van der Waals surface area contributed by atoms with Gasteiger partial charge in [0.25, 0.3) is 0 Å². The number of benzene rings is 1. The minimum absolute atomic E-state index is 0.425. The fraction of sp³-hybridized carbons (Fsp3) is 0.500. The monoisotopic (exact) mass is 228 g/mol. The van der Waals surface area contributed by atoms with Crippen molar-refractivity contribution < 1.29 is 5.11 Å². The molecule has 1 nitrogen and oxygen atoms in total. The third-order valence-electron chi connectivity index (χ3n) is 4.80. The molecule has 1 heteroatoms. The lowest BCUT2D eigenvalue weighted by Gasteiger charge is -2.32.